The van der Waals surface area contributed by atoms with Crippen LogP contribution in [-0.4, -0.2) is 20.2 Å². The van der Waals surface area contributed by atoms with Crippen LogP contribution in [0.4, 0.5) is 0 Å². The molecule has 5 nitrogen and oxygen atoms in total. The van der Waals surface area contributed by atoms with Crippen LogP contribution < -0.4 is 0 Å². The highest BCUT2D eigenvalue weighted by Gasteiger charge is 2.25. The molecular weight excluding hydrogens is 388 g/mol. The molecule has 5 rings (SSSR count). The van der Waals surface area contributed by atoms with Crippen molar-refractivity contribution in [2.45, 2.75) is 43.4 Å². The van der Waals surface area contributed by atoms with E-state index >= 15 is 0 Å². The molecule has 3 heterocycles. The molecule has 0 N–H and O–H groups in total. The summed E-state index contributed by atoms with van der Waals surface area (Å²) in [5.74, 6) is 1.92. The first kappa shape index (κ1) is 17.8. The summed E-state index contributed by atoms with van der Waals surface area (Å²) in [5.41, 5.74) is 2.38. The largest absolute Gasteiger partial charge is 0.419 e. The number of aromatic nitrogens is 4. The Morgan fingerprint density at radius 2 is 2.04 bits per heavy atom. The molecule has 0 saturated heterocycles. The molecule has 0 unspecified atom stereocenters. The van der Waals surface area contributed by atoms with Crippen molar-refractivity contribution in [1.82, 2.24) is 20.2 Å². The molecule has 7 heteroatoms. The van der Waals surface area contributed by atoms with Crippen molar-refractivity contribution in [3.63, 3.8) is 0 Å². The standard InChI is InChI=1S/C21H20N4OS2/c1-12-8-9-15-16(10-12)28-21-17(15)20(22-11-23-21)27-13(2)18-24-25-19(26-18)14-6-4-3-5-7-14/h3-7,11-13H,8-10H2,1-2H3/t12-,13+/m1/s1. The second-order valence-corrected chi connectivity index (χ2v) is 9.70. The normalized spacial score (nSPS) is 17.6. The van der Waals surface area contributed by atoms with Gasteiger partial charge in [0.2, 0.25) is 11.8 Å². The Labute approximate surface area is 171 Å². The van der Waals surface area contributed by atoms with E-state index in [2.05, 4.69) is 34.0 Å². The van der Waals surface area contributed by atoms with E-state index in [1.54, 1.807) is 18.1 Å². The fourth-order valence-corrected chi connectivity index (χ4v) is 6.04. The zero-order valence-corrected chi connectivity index (χ0v) is 17.4. The first-order valence-corrected chi connectivity index (χ1v) is 11.2. The van der Waals surface area contributed by atoms with Crippen molar-refractivity contribution in [3.8, 4) is 11.5 Å². The molecule has 142 valence electrons. The van der Waals surface area contributed by atoms with Crippen LogP contribution in [0.15, 0.2) is 46.1 Å². The maximum atomic E-state index is 5.94. The Balaban J connectivity index is 1.45. The maximum Gasteiger partial charge on any atom is 0.247 e. The molecule has 0 spiro atoms. The van der Waals surface area contributed by atoms with Gasteiger partial charge in [-0.3, -0.25) is 0 Å². The van der Waals surface area contributed by atoms with E-state index in [0.717, 1.165) is 34.2 Å². The van der Waals surface area contributed by atoms with Gasteiger partial charge < -0.3 is 4.42 Å². The summed E-state index contributed by atoms with van der Waals surface area (Å²) < 4.78 is 5.94. The minimum Gasteiger partial charge on any atom is -0.419 e. The van der Waals surface area contributed by atoms with Crippen LogP contribution in [0, 0.1) is 5.92 Å². The molecule has 0 saturated carbocycles. The third-order valence-corrected chi connectivity index (χ3v) is 7.40. The topological polar surface area (TPSA) is 64.7 Å². The summed E-state index contributed by atoms with van der Waals surface area (Å²) in [6, 6.07) is 9.86. The number of fused-ring (bicyclic) bond motifs is 3. The van der Waals surface area contributed by atoms with Gasteiger partial charge in [-0.05, 0) is 49.8 Å². The van der Waals surface area contributed by atoms with Crippen molar-refractivity contribution < 1.29 is 4.42 Å². The second kappa shape index (κ2) is 7.29. The Bertz CT molecular complexity index is 1120. The smallest absolute Gasteiger partial charge is 0.247 e. The molecule has 0 amide bonds. The fraction of sp³-hybridized carbons (Fsp3) is 0.333. The van der Waals surface area contributed by atoms with Crippen LogP contribution in [0.5, 0.6) is 0 Å². The SMILES string of the molecule is C[C@@H]1CCc2c(sc3ncnc(S[C@@H](C)c4nnc(-c5ccccc5)o4)c23)C1. The van der Waals surface area contributed by atoms with Gasteiger partial charge in [0.15, 0.2) is 0 Å². The number of rotatable bonds is 4. The lowest BCUT2D eigenvalue weighted by Crippen LogP contribution is -2.08. The van der Waals surface area contributed by atoms with Gasteiger partial charge in [-0.2, -0.15) is 0 Å². The van der Waals surface area contributed by atoms with Crippen LogP contribution in [-0.2, 0) is 12.8 Å². The Morgan fingerprint density at radius 3 is 2.89 bits per heavy atom. The predicted octanol–water partition coefficient (Wildman–Crippen LogP) is 5.72. The van der Waals surface area contributed by atoms with Crippen molar-refractivity contribution in [3.05, 3.63) is 53.0 Å². The summed E-state index contributed by atoms with van der Waals surface area (Å²) in [5, 5.41) is 10.8. The Morgan fingerprint density at radius 1 is 1.18 bits per heavy atom. The molecule has 1 aliphatic carbocycles. The number of benzene rings is 1. The molecule has 1 aromatic carbocycles. The lowest BCUT2D eigenvalue weighted by molar-refractivity contribution is 0.508. The molecule has 0 bridgehead atoms. The lowest BCUT2D eigenvalue weighted by Gasteiger charge is -2.18. The number of hydrogen-bond acceptors (Lipinski definition) is 7. The van der Waals surface area contributed by atoms with Gasteiger partial charge in [0, 0.05) is 15.8 Å². The van der Waals surface area contributed by atoms with Gasteiger partial charge >= 0.3 is 0 Å². The zero-order valence-electron chi connectivity index (χ0n) is 15.8. The monoisotopic (exact) mass is 408 g/mol. The average molecular weight is 409 g/mol. The van der Waals surface area contributed by atoms with Crippen LogP contribution >= 0.6 is 23.1 Å². The number of thioether (sulfide) groups is 1. The molecule has 4 aromatic rings. The van der Waals surface area contributed by atoms with Gasteiger partial charge in [-0.15, -0.1) is 21.5 Å². The van der Waals surface area contributed by atoms with E-state index in [1.807, 2.05) is 41.7 Å². The van der Waals surface area contributed by atoms with Gasteiger partial charge in [0.1, 0.15) is 16.2 Å². The average Bonchev–Trinajstić information content (AvgIpc) is 3.33. The Hall–Kier alpha value is -2.25. The molecule has 0 fully saturated rings. The molecule has 0 radical (unpaired) electrons. The Kier molecular flexibility index (Phi) is 4.64. The summed E-state index contributed by atoms with van der Waals surface area (Å²) in [4.78, 5) is 11.7. The molecule has 1 aliphatic rings. The van der Waals surface area contributed by atoms with E-state index in [-0.39, 0.29) is 5.25 Å². The number of hydrogen-bond donors (Lipinski definition) is 0. The van der Waals surface area contributed by atoms with Crippen LogP contribution in [0.2, 0.25) is 0 Å². The van der Waals surface area contributed by atoms with Crippen LogP contribution in [0.25, 0.3) is 21.7 Å². The van der Waals surface area contributed by atoms with Crippen molar-refractivity contribution in [1.29, 1.82) is 0 Å². The molecular formula is C21H20N4OS2. The highest BCUT2D eigenvalue weighted by atomic mass is 32.2. The summed E-state index contributed by atoms with van der Waals surface area (Å²) in [6.45, 7) is 4.42. The number of nitrogens with zero attached hydrogens (tertiary/aromatic N) is 4. The van der Waals surface area contributed by atoms with Crippen molar-refractivity contribution in [2.75, 3.05) is 0 Å². The minimum absolute atomic E-state index is 0.0149. The molecule has 2 atom stereocenters. The summed E-state index contributed by atoms with van der Waals surface area (Å²) in [7, 11) is 0. The minimum atomic E-state index is 0.0149. The van der Waals surface area contributed by atoms with Crippen LogP contribution in [0.3, 0.4) is 0 Å². The highest BCUT2D eigenvalue weighted by Crippen LogP contribution is 2.43. The third-order valence-electron chi connectivity index (χ3n) is 5.15. The lowest BCUT2D eigenvalue weighted by atomic mass is 9.89. The highest BCUT2D eigenvalue weighted by molar-refractivity contribution is 7.99. The molecule has 3 aromatic heterocycles. The number of aryl methyl sites for hydroxylation is 1. The first-order chi connectivity index (χ1) is 13.7. The number of thiophene rings is 1. The van der Waals surface area contributed by atoms with Crippen LogP contribution in [0.1, 0.15) is 41.8 Å². The molecule has 0 aliphatic heterocycles. The van der Waals surface area contributed by atoms with Crippen molar-refractivity contribution in [2.24, 2.45) is 5.92 Å². The van der Waals surface area contributed by atoms with Gasteiger partial charge in [-0.1, -0.05) is 36.9 Å². The fourth-order valence-electron chi connectivity index (χ4n) is 3.65. The first-order valence-electron chi connectivity index (χ1n) is 9.49. The van der Waals surface area contributed by atoms with Crippen molar-refractivity contribution >= 4 is 33.3 Å². The second-order valence-electron chi connectivity index (χ2n) is 7.28. The maximum absolute atomic E-state index is 5.94. The summed E-state index contributed by atoms with van der Waals surface area (Å²) >= 11 is 3.50. The third kappa shape index (κ3) is 3.22. The predicted molar refractivity (Wildman–Crippen MR) is 113 cm³/mol. The zero-order chi connectivity index (χ0) is 19.1. The van der Waals surface area contributed by atoms with Gasteiger partial charge in [0.25, 0.3) is 0 Å². The van der Waals surface area contributed by atoms with E-state index in [4.69, 9.17) is 4.42 Å². The van der Waals surface area contributed by atoms with Gasteiger partial charge in [-0.25, -0.2) is 9.97 Å². The van der Waals surface area contributed by atoms with E-state index in [9.17, 15) is 0 Å². The van der Waals surface area contributed by atoms with E-state index in [1.165, 1.54) is 22.2 Å². The summed E-state index contributed by atoms with van der Waals surface area (Å²) in [6.07, 6.45) is 5.17. The quantitative estimate of drug-likeness (QED) is 0.318. The van der Waals surface area contributed by atoms with Gasteiger partial charge in [0.05, 0.1) is 5.25 Å². The van der Waals surface area contributed by atoms with E-state index in [0.29, 0.717) is 11.8 Å². The van der Waals surface area contributed by atoms with E-state index < -0.39 is 0 Å². The molecule has 28 heavy (non-hydrogen) atoms.